The average molecular weight is 386 g/mol. The molecule has 1 aromatic carbocycles. The number of hydrogen-bond donors (Lipinski definition) is 0. The Morgan fingerprint density at radius 3 is 2.85 bits per heavy atom. The molecule has 27 heavy (non-hydrogen) atoms. The van der Waals surface area contributed by atoms with E-state index < -0.39 is 0 Å². The van der Waals surface area contributed by atoms with Crippen molar-refractivity contribution < 1.29 is 9.18 Å². The lowest BCUT2D eigenvalue weighted by atomic mass is 10.1. The number of thiophene rings is 1. The van der Waals surface area contributed by atoms with Crippen molar-refractivity contribution in [2.24, 2.45) is 0 Å². The minimum absolute atomic E-state index is 0.0389. The highest BCUT2D eigenvalue weighted by Gasteiger charge is 2.27. The fourth-order valence-corrected chi connectivity index (χ4v) is 4.58. The van der Waals surface area contributed by atoms with Gasteiger partial charge in [-0.05, 0) is 18.1 Å². The predicted molar refractivity (Wildman–Crippen MR) is 103 cm³/mol. The third kappa shape index (κ3) is 3.10. The summed E-state index contributed by atoms with van der Waals surface area (Å²) in [5.41, 5.74) is 1.26. The highest BCUT2D eigenvalue weighted by atomic mass is 32.1. The summed E-state index contributed by atoms with van der Waals surface area (Å²) in [5, 5.41) is 0.603. The van der Waals surface area contributed by atoms with Crippen LogP contribution in [0.5, 0.6) is 0 Å². The molecule has 0 fully saturated rings. The van der Waals surface area contributed by atoms with Crippen LogP contribution in [0.15, 0.2) is 35.4 Å². The molecule has 0 radical (unpaired) electrons. The molecule has 3 aromatic rings. The summed E-state index contributed by atoms with van der Waals surface area (Å²) in [6.45, 7) is 1.20. The van der Waals surface area contributed by atoms with Crippen LogP contribution in [-0.2, 0) is 19.5 Å². The predicted octanol–water partition coefficient (Wildman–Crippen LogP) is 2.69. The molecule has 6 nitrogen and oxygen atoms in total. The van der Waals surface area contributed by atoms with Crippen molar-refractivity contribution in [3.63, 3.8) is 0 Å². The van der Waals surface area contributed by atoms with Crippen LogP contribution >= 0.6 is 11.3 Å². The third-order valence-electron chi connectivity index (χ3n) is 4.78. The zero-order valence-electron chi connectivity index (χ0n) is 15.1. The molecule has 1 aliphatic heterocycles. The van der Waals surface area contributed by atoms with Gasteiger partial charge in [0.05, 0.1) is 24.8 Å². The van der Waals surface area contributed by atoms with Gasteiger partial charge in [0.1, 0.15) is 10.6 Å². The first-order chi connectivity index (χ1) is 13.0. The number of carbonyl (C=O) groups is 1. The summed E-state index contributed by atoms with van der Waals surface area (Å²) < 4.78 is 15.4. The molecular weight excluding hydrogens is 367 g/mol. The van der Waals surface area contributed by atoms with Crippen LogP contribution in [0.2, 0.25) is 0 Å². The van der Waals surface area contributed by atoms with Crippen LogP contribution in [0.25, 0.3) is 10.2 Å². The second-order valence-electron chi connectivity index (χ2n) is 6.80. The molecule has 0 N–H and O–H groups in total. The number of fused-ring (bicyclic) bond motifs is 3. The molecule has 0 saturated heterocycles. The van der Waals surface area contributed by atoms with Gasteiger partial charge in [-0.2, -0.15) is 0 Å². The van der Waals surface area contributed by atoms with Gasteiger partial charge in [0.15, 0.2) is 0 Å². The monoisotopic (exact) mass is 386 g/mol. The number of carbonyl (C=O) groups excluding carboxylic acids is 1. The second-order valence-corrected chi connectivity index (χ2v) is 7.89. The smallest absolute Gasteiger partial charge is 0.319 e. The maximum Gasteiger partial charge on any atom is 0.319 e. The van der Waals surface area contributed by atoms with E-state index in [4.69, 9.17) is 0 Å². The van der Waals surface area contributed by atoms with E-state index in [1.54, 1.807) is 42.1 Å². The number of benzene rings is 1. The van der Waals surface area contributed by atoms with Crippen LogP contribution in [-0.4, -0.2) is 46.0 Å². The third-order valence-corrected chi connectivity index (χ3v) is 5.90. The Kier molecular flexibility index (Phi) is 4.43. The Morgan fingerprint density at radius 2 is 2.11 bits per heavy atom. The van der Waals surface area contributed by atoms with E-state index in [1.165, 1.54) is 28.3 Å². The molecule has 0 spiro atoms. The molecule has 4 rings (SSSR count). The number of rotatable bonds is 2. The molecule has 2 aromatic heterocycles. The Morgan fingerprint density at radius 1 is 1.33 bits per heavy atom. The molecule has 0 unspecified atom stereocenters. The fourth-order valence-electron chi connectivity index (χ4n) is 3.39. The van der Waals surface area contributed by atoms with Crippen molar-refractivity contribution in [3.05, 3.63) is 62.8 Å². The standard InChI is InChI=1S/C19H19FN4O2S/c1-22(2)19(26)23-8-7-13-15(10-23)27-17-16(13)18(25)24(11-21-17)9-12-5-3-4-6-14(12)20/h3-6,11H,7-10H2,1-2H3. The van der Waals surface area contributed by atoms with Crippen LogP contribution in [0, 0.1) is 5.82 Å². The highest BCUT2D eigenvalue weighted by Crippen LogP contribution is 2.32. The summed E-state index contributed by atoms with van der Waals surface area (Å²) in [5.74, 6) is -0.338. The van der Waals surface area contributed by atoms with Crippen molar-refractivity contribution >= 4 is 27.6 Å². The van der Waals surface area contributed by atoms with Gasteiger partial charge in [-0.1, -0.05) is 18.2 Å². The zero-order chi connectivity index (χ0) is 19.1. The fraction of sp³-hybridized carbons (Fsp3) is 0.316. The minimum atomic E-state index is -0.338. The number of amides is 2. The van der Waals surface area contributed by atoms with E-state index in [0.717, 1.165) is 10.4 Å². The van der Waals surface area contributed by atoms with Gasteiger partial charge in [-0.3, -0.25) is 9.36 Å². The zero-order valence-corrected chi connectivity index (χ0v) is 15.9. The SMILES string of the molecule is CN(C)C(=O)N1CCc2c(sc3ncn(Cc4ccccc4F)c(=O)c23)C1. The van der Waals surface area contributed by atoms with E-state index >= 15 is 0 Å². The van der Waals surface area contributed by atoms with Crippen molar-refractivity contribution in [3.8, 4) is 0 Å². The first-order valence-electron chi connectivity index (χ1n) is 8.65. The molecule has 0 bridgehead atoms. The lowest BCUT2D eigenvalue weighted by molar-refractivity contribution is 0.166. The first kappa shape index (κ1) is 17.7. The maximum atomic E-state index is 13.9. The Hall–Kier alpha value is -2.74. The summed E-state index contributed by atoms with van der Waals surface area (Å²) in [4.78, 5) is 34.7. The molecular formula is C19H19FN4O2S. The molecule has 0 saturated carbocycles. The molecule has 2 amide bonds. The van der Waals surface area contributed by atoms with Gasteiger partial charge < -0.3 is 9.80 Å². The van der Waals surface area contributed by atoms with Gasteiger partial charge in [0, 0.05) is 31.1 Å². The van der Waals surface area contributed by atoms with Gasteiger partial charge >= 0.3 is 6.03 Å². The Bertz CT molecular complexity index is 1090. The van der Waals surface area contributed by atoms with E-state index in [0.29, 0.717) is 35.3 Å². The van der Waals surface area contributed by atoms with Crippen molar-refractivity contribution in [2.45, 2.75) is 19.5 Å². The van der Waals surface area contributed by atoms with Crippen LogP contribution in [0.1, 0.15) is 16.0 Å². The summed E-state index contributed by atoms with van der Waals surface area (Å²) >= 11 is 1.45. The maximum absolute atomic E-state index is 13.9. The largest absolute Gasteiger partial charge is 0.331 e. The van der Waals surface area contributed by atoms with Gasteiger partial charge in [0.2, 0.25) is 0 Å². The highest BCUT2D eigenvalue weighted by molar-refractivity contribution is 7.18. The molecule has 140 valence electrons. The molecule has 8 heteroatoms. The number of urea groups is 1. The van der Waals surface area contributed by atoms with E-state index in [-0.39, 0.29) is 24.0 Å². The second kappa shape index (κ2) is 6.77. The van der Waals surface area contributed by atoms with Gasteiger partial charge in [0.25, 0.3) is 5.56 Å². The summed E-state index contributed by atoms with van der Waals surface area (Å²) in [7, 11) is 3.46. The molecule has 3 heterocycles. The lowest BCUT2D eigenvalue weighted by Gasteiger charge is -2.29. The normalized spacial score (nSPS) is 13.7. The molecule has 0 aliphatic carbocycles. The quantitative estimate of drug-likeness (QED) is 0.680. The Labute approximate surface area is 159 Å². The number of halogens is 1. The van der Waals surface area contributed by atoms with Crippen molar-refractivity contribution in [2.75, 3.05) is 20.6 Å². The summed E-state index contributed by atoms with van der Waals surface area (Å²) in [6, 6.07) is 6.38. The van der Waals surface area contributed by atoms with Crippen LogP contribution in [0.3, 0.4) is 0 Å². The van der Waals surface area contributed by atoms with E-state index in [9.17, 15) is 14.0 Å². The molecule has 0 atom stereocenters. The number of aromatic nitrogens is 2. The van der Waals surface area contributed by atoms with Crippen LogP contribution < -0.4 is 5.56 Å². The number of nitrogens with zero attached hydrogens (tertiary/aromatic N) is 4. The average Bonchev–Trinajstić information content (AvgIpc) is 3.03. The van der Waals surface area contributed by atoms with Gasteiger partial charge in [-0.25, -0.2) is 14.2 Å². The van der Waals surface area contributed by atoms with Crippen LogP contribution in [0.4, 0.5) is 9.18 Å². The topological polar surface area (TPSA) is 58.4 Å². The summed E-state index contributed by atoms with van der Waals surface area (Å²) in [6.07, 6.45) is 2.09. The first-order valence-corrected chi connectivity index (χ1v) is 9.46. The van der Waals surface area contributed by atoms with Crippen molar-refractivity contribution in [1.82, 2.24) is 19.4 Å². The Balaban J connectivity index is 1.72. The van der Waals surface area contributed by atoms with E-state index in [1.807, 2.05) is 0 Å². The molecule has 1 aliphatic rings. The van der Waals surface area contributed by atoms with Gasteiger partial charge in [-0.15, -0.1) is 11.3 Å². The lowest BCUT2D eigenvalue weighted by Crippen LogP contribution is -2.41. The minimum Gasteiger partial charge on any atom is -0.331 e. The number of hydrogen-bond acceptors (Lipinski definition) is 4. The van der Waals surface area contributed by atoms with Crippen molar-refractivity contribution in [1.29, 1.82) is 0 Å². The van der Waals surface area contributed by atoms with E-state index in [2.05, 4.69) is 4.98 Å².